The number of carboxylic acid groups (broad SMARTS) is 1. The molecule has 0 radical (unpaired) electrons. The highest BCUT2D eigenvalue weighted by molar-refractivity contribution is 6.26. The van der Waals surface area contributed by atoms with E-state index in [4.69, 9.17) is 4.74 Å². The number of nitrogens with one attached hydrogen (secondary N) is 1. The van der Waals surface area contributed by atoms with Crippen molar-refractivity contribution in [2.75, 3.05) is 5.32 Å². The van der Waals surface area contributed by atoms with E-state index < -0.39 is 17.3 Å². The van der Waals surface area contributed by atoms with E-state index in [1.165, 1.54) is 0 Å². The van der Waals surface area contributed by atoms with E-state index in [2.05, 4.69) is 5.32 Å². The molecule has 0 fully saturated rings. The molecule has 1 heterocycles. The number of carbonyl (C=O) groups is 2. The minimum absolute atomic E-state index is 0.0113. The first-order valence-corrected chi connectivity index (χ1v) is 7.77. The molecular weight excluding hydrogens is 318 g/mol. The quantitative estimate of drug-likeness (QED) is 0.659. The predicted octanol–water partition coefficient (Wildman–Crippen LogP) is 3.65. The number of rotatable bonds is 4. The normalized spacial score (nSPS) is 15.4. The van der Waals surface area contributed by atoms with Gasteiger partial charge in [0.15, 0.2) is 11.3 Å². The molecule has 0 spiro atoms. The Morgan fingerprint density at radius 2 is 1.84 bits per heavy atom. The van der Waals surface area contributed by atoms with Gasteiger partial charge in [-0.15, -0.1) is 0 Å². The van der Waals surface area contributed by atoms with Crippen LogP contribution < -0.4 is 5.32 Å². The second kappa shape index (κ2) is 6.65. The fraction of sp³-hybridized carbons (Fsp3) is 0.100. The number of ether oxygens (including phenoxy) is 1. The van der Waals surface area contributed by atoms with Gasteiger partial charge < -0.3 is 15.2 Å². The van der Waals surface area contributed by atoms with E-state index in [0.717, 1.165) is 16.7 Å². The highest BCUT2D eigenvalue weighted by atomic mass is 16.5. The lowest BCUT2D eigenvalue weighted by Crippen LogP contribution is -2.12. The molecule has 0 amide bonds. The molecule has 0 bridgehead atoms. The van der Waals surface area contributed by atoms with Gasteiger partial charge in [0.2, 0.25) is 11.7 Å². The van der Waals surface area contributed by atoms with Crippen molar-refractivity contribution in [3.63, 3.8) is 0 Å². The average molecular weight is 335 g/mol. The molecule has 5 nitrogen and oxygen atoms in total. The Kier molecular flexibility index (Phi) is 4.39. The number of aryl methyl sites for hydroxylation is 2. The maximum Gasteiger partial charge on any atom is 0.345 e. The lowest BCUT2D eigenvalue weighted by Gasteiger charge is -2.08. The van der Waals surface area contributed by atoms with Crippen molar-refractivity contribution in [2.45, 2.75) is 13.8 Å². The van der Waals surface area contributed by atoms with Crippen LogP contribution >= 0.6 is 0 Å². The number of allylic oxidation sites excluding steroid dienone is 1. The second-order valence-electron chi connectivity index (χ2n) is 5.80. The number of carboxylic acids is 1. The molecule has 2 aromatic carbocycles. The third-order valence-corrected chi connectivity index (χ3v) is 3.85. The molecule has 5 heteroatoms. The standard InChI is InChI=1S/C20H17NO4/c1-12-8-9-14(13(2)10-12)11-16-18(22)17(20(23)24)19(25-16)21-15-6-4-3-5-7-15/h3-11,21H,1-2H3,(H,23,24)/b16-11-. The Hall–Kier alpha value is -3.34. The first-order chi connectivity index (χ1) is 12.0. The van der Waals surface area contributed by atoms with E-state index >= 15 is 0 Å². The molecule has 0 atom stereocenters. The Balaban J connectivity index is 1.95. The first-order valence-electron chi connectivity index (χ1n) is 7.77. The highest BCUT2D eigenvalue weighted by Gasteiger charge is 2.35. The fourth-order valence-corrected chi connectivity index (χ4v) is 2.59. The van der Waals surface area contributed by atoms with Gasteiger partial charge in [0.05, 0.1) is 0 Å². The average Bonchev–Trinajstić information content (AvgIpc) is 2.86. The van der Waals surface area contributed by atoms with Crippen LogP contribution in [0, 0.1) is 13.8 Å². The van der Waals surface area contributed by atoms with Crippen molar-refractivity contribution < 1.29 is 19.4 Å². The van der Waals surface area contributed by atoms with Gasteiger partial charge in [-0.3, -0.25) is 4.79 Å². The van der Waals surface area contributed by atoms with Crippen molar-refractivity contribution in [1.29, 1.82) is 0 Å². The number of hydrogen-bond donors (Lipinski definition) is 2. The molecule has 0 aromatic heterocycles. The summed E-state index contributed by atoms with van der Waals surface area (Å²) in [4.78, 5) is 24.0. The van der Waals surface area contributed by atoms with E-state index in [9.17, 15) is 14.7 Å². The predicted molar refractivity (Wildman–Crippen MR) is 94.7 cm³/mol. The van der Waals surface area contributed by atoms with Crippen molar-refractivity contribution >= 4 is 23.5 Å². The summed E-state index contributed by atoms with van der Waals surface area (Å²) in [6.07, 6.45) is 1.57. The molecular formula is C20H17NO4. The molecule has 2 aromatic rings. The van der Waals surface area contributed by atoms with Crippen molar-refractivity contribution in [3.8, 4) is 0 Å². The second-order valence-corrected chi connectivity index (χ2v) is 5.80. The third kappa shape index (κ3) is 3.45. The zero-order chi connectivity index (χ0) is 18.0. The van der Waals surface area contributed by atoms with Crippen LogP contribution in [0.25, 0.3) is 6.08 Å². The van der Waals surface area contributed by atoms with Gasteiger partial charge in [-0.05, 0) is 43.2 Å². The van der Waals surface area contributed by atoms with Crippen LogP contribution in [0.5, 0.6) is 0 Å². The number of carbonyl (C=O) groups excluding carboxylic acids is 1. The summed E-state index contributed by atoms with van der Waals surface area (Å²) in [5.74, 6) is -2.05. The van der Waals surface area contributed by atoms with Crippen LogP contribution in [0.1, 0.15) is 16.7 Å². The maximum absolute atomic E-state index is 12.5. The van der Waals surface area contributed by atoms with E-state index in [0.29, 0.717) is 5.69 Å². The smallest absolute Gasteiger partial charge is 0.345 e. The minimum Gasteiger partial charge on any atom is -0.477 e. The lowest BCUT2D eigenvalue weighted by atomic mass is 10.0. The van der Waals surface area contributed by atoms with Crippen molar-refractivity contribution in [2.24, 2.45) is 0 Å². The van der Waals surface area contributed by atoms with Crippen LogP contribution in [0.4, 0.5) is 5.69 Å². The number of anilines is 1. The third-order valence-electron chi connectivity index (χ3n) is 3.85. The van der Waals surface area contributed by atoms with Gasteiger partial charge >= 0.3 is 5.97 Å². The Morgan fingerprint density at radius 3 is 2.48 bits per heavy atom. The number of hydrogen-bond acceptors (Lipinski definition) is 4. The molecule has 0 saturated carbocycles. The Labute approximate surface area is 145 Å². The molecule has 0 unspecified atom stereocenters. The van der Waals surface area contributed by atoms with Crippen molar-refractivity contribution in [3.05, 3.63) is 82.4 Å². The summed E-state index contributed by atoms with van der Waals surface area (Å²) >= 11 is 0. The summed E-state index contributed by atoms with van der Waals surface area (Å²) in [6, 6.07) is 14.7. The van der Waals surface area contributed by atoms with Gasteiger partial charge in [-0.1, -0.05) is 42.0 Å². The van der Waals surface area contributed by atoms with Crippen molar-refractivity contribution in [1.82, 2.24) is 0 Å². The molecule has 2 N–H and O–H groups in total. The number of ketones is 1. The van der Waals surface area contributed by atoms with E-state index in [1.807, 2.05) is 38.1 Å². The largest absolute Gasteiger partial charge is 0.477 e. The van der Waals surface area contributed by atoms with Gasteiger partial charge in [-0.2, -0.15) is 0 Å². The maximum atomic E-state index is 12.5. The number of benzene rings is 2. The van der Waals surface area contributed by atoms with E-state index in [1.54, 1.807) is 30.3 Å². The molecule has 0 aliphatic carbocycles. The Morgan fingerprint density at radius 1 is 1.12 bits per heavy atom. The molecule has 1 aliphatic rings. The molecule has 0 saturated heterocycles. The van der Waals surface area contributed by atoms with Gasteiger partial charge in [0.25, 0.3) is 0 Å². The minimum atomic E-state index is -1.33. The number of aliphatic carboxylic acids is 1. The molecule has 25 heavy (non-hydrogen) atoms. The fourth-order valence-electron chi connectivity index (χ4n) is 2.59. The SMILES string of the molecule is Cc1ccc(/C=C2\OC(Nc3ccccc3)=C(C(=O)O)C2=O)c(C)c1. The van der Waals surface area contributed by atoms with E-state index in [-0.39, 0.29) is 11.6 Å². The Bertz CT molecular complexity index is 911. The summed E-state index contributed by atoms with van der Waals surface area (Å²) in [6.45, 7) is 3.90. The van der Waals surface area contributed by atoms with Crippen LogP contribution in [-0.2, 0) is 14.3 Å². The zero-order valence-corrected chi connectivity index (χ0v) is 13.9. The lowest BCUT2D eigenvalue weighted by molar-refractivity contribution is -0.134. The number of para-hydroxylation sites is 1. The van der Waals surface area contributed by atoms with Gasteiger partial charge in [0, 0.05) is 5.69 Å². The summed E-state index contributed by atoms with van der Waals surface area (Å²) < 4.78 is 5.54. The topological polar surface area (TPSA) is 75.6 Å². The van der Waals surface area contributed by atoms with Gasteiger partial charge in [-0.25, -0.2) is 4.79 Å². The summed E-state index contributed by atoms with van der Waals surface area (Å²) in [5.41, 5.74) is 3.12. The van der Waals surface area contributed by atoms with Crippen LogP contribution in [-0.4, -0.2) is 16.9 Å². The van der Waals surface area contributed by atoms with Crippen LogP contribution in [0.15, 0.2) is 65.7 Å². The van der Waals surface area contributed by atoms with Gasteiger partial charge in [0.1, 0.15) is 0 Å². The monoisotopic (exact) mass is 335 g/mol. The first kappa shape index (κ1) is 16.5. The molecule has 126 valence electrons. The van der Waals surface area contributed by atoms with Crippen LogP contribution in [0.2, 0.25) is 0 Å². The number of Topliss-reactive ketones (excluding diaryl/α,β-unsaturated/α-hetero) is 1. The highest BCUT2D eigenvalue weighted by Crippen LogP contribution is 2.28. The summed E-state index contributed by atoms with van der Waals surface area (Å²) in [7, 11) is 0. The molecule has 1 aliphatic heterocycles. The molecule has 3 rings (SSSR count). The van der Waals surface area contributed by atoms with Crippen LogP contribution in [0.3, 0.4) is 0 Å². The zero-order valence-electron chi connectivity index (χ0n) is 13.9. The summed E-state index contributed by atoms with van der Waals surface area (Å²) in [5, 5.41) is 12.2.